The Kier molecular flexibility index (Phi) is 3.15. The summed E-state index contributed by atoms with van der Waals surface area (Å²) in [6.07, 6.45) is 1.44. The predicted molar refractivity (Wildman–Crippen MR) is 71.8 cm³/mol. The molecule has 1 aromatic rings. The number of nitriles is 1. The summed E-state index contributed by atoms with van der Waals surface area (Å²) in [4.78, 5) is 27.7. The van der Waals surface area contributed by atoms with E-state index in [-0.39, 0.29) is 17.9 Å². The van der Waals surface area contributed by atoms with Crippen LogP contribution >= 0.6 is 0 Å². The molecule has 0 bridgehead atoms. The second-order valence-electron chi connectivity index (χ2n) is 5.22. The van der Waals surface area contributed by atoms with E-state index in [0.717, 1.165) is 6.42 Å². The molecule has 1 atom stereocenters. The van der Waals surface area contributed by atoms with Crippen molar-refractivity contribution in [2.45, 2.75) is 18.9 Å². The van der Waals surface area contributed by atoms with Gasteiger partial charge in [-0.05, 0) is 30.7 Å². The molecule has 5 nitrogen and oxygen atoms in total. The zero-order valence-electron chi connectivity index (χ0n) is 11.1. The Hall–Kier alpha value is -2.35. The van der Waals surface area contributed by atoms with Crippen LogP contribution in [0, 0.1) is 11.3 Å². The summed E-state index contributed by atoms with van der Waals surface area (Å²) in [5.41, 5.74) is 1.15. The first-order valence-electron chi connectivity index (χ1n) is 6.78. The van der Waals surface area contributed by atoms with E-state index in [0.29, 0.717) is 37.2 Å². The number of hydrogen-bond donors (Lipinski definition) is 0. The fraction of sp³-hybridized carbons (Fsp3) is 0.400. The van der Waals surface area contributed by atoms with Crippen LogP contribution in [0.1, 0.15) is 28.8 Å². The van der Waals surface area contributed by atoms with Gasteiger partial charge in [-0.2, -0.15) is 5.26 Å². The third-order valence-corrected chi connectivity index (χ3v) is 4.04. The largest absolute Gasteiger partial charge is 0.336 e. The van der Waals surface area contributed by atoms with Gasteiger partial charge in [-0.1, -0.05) is 0 Å². The van der Waals surface area contributed by atoms with Gasteiger partial charge in [-0.25, -0.2) is 0 Å². The van der Waals surface area contributed by atoms with Crippen LogP contribution in [0.4, 0.5) is 0 Å². The number of hydrogen-bond acceptors (Lipinski definition) is 3. The molecule has 3 rings (SSSR count). The molecule has 2 heterocycles. The van der Waals surface area contributed by atoms with Crippen molar-refractivity contribution in [1.29, 1.82) is 5.26 Å². The third-order valence-electron chi connectivity index (χ3n) is 4.04. The maximum atomic E-state index is 12.4. The Morgan fingerprint density at radius 1 is 1.25 bits per heavy atom. The Morgan fingerprint density at radius 3 is 2.70 bits per heavy atom. The maximum absolute atomic E-state index is 12.4. The molecule has 2 amide bonds. The van der Waals surface area contributed by atoms with Gasteiger partial charge in [-0.3, -0.25) is 9.59 Å². The monoisotopic (exact) mass is 269 g/mol. The van der Waals surface area contributed by atoms with Crippen LogP contribution in [0.15, 0.2) is 24.3 Å². The van der Waals surface area contributed by atoms with Gasteiger partial charge in [0.05, 0.1) is 11.6 Å². The van der Waals surface area contributed by atoms with E-state index in [1.165, 1.54) is 0 Å². The lowest BCUT2D eigenvalue weighted by Crippen LogP contribution is -2.53. The van der Waals surface area contributed by atoms with Crippen LogP contribution in [-0.4, -0.2) is 47.3 Å². The molecular formula is C15H15N3O2. The zero-order chi connectivity index (χ0) is 14.1. The molecule has 0 radical (unpaired) electrons. The second kappa shape index (κ2) is 4.97. The molecule has 5 heteroatoms. The molecule has 0 aliphatic carbocycles. The standard InChI is InChI=1S/C15H15N3O2/c16-9-11-1-3-12(4-2-11)15(20)17-7-8-18-13(10-17)5-6-14(18)19/h1-4,13H,5-8,10H2. The van der Waals surface area contributed by atoms with Gasteiger partial charge in [0, 0.05) is 37.7 Å². The fourth-order valence-electron chi connectivity index (χ4n) is 2.92. The molecule has 0 N–H and O–H groups in total. The Labute approximate surface area is 117 Å². The summed E-state index contributed by atoms with van der Waals surface area (Å²) >= 11 is 0. The van der Waals surface area contributed by atoms with Crippen molar-refractivity contribution in [2.24, 2.45) is 0 Å². The summed E-state index contributed by atoms with van der Waals surface area (Å²) < 4.78 is 0. The predicted octanol–water partition coefficient (Wildman–Crippen LogP) is 1.01. The number of benzene rings is 1. The van der Waals surface area contributed by atoms with Crippen molar-refractivity contribution < 1.29 is 9.59 Å². The topological polar surface area (TPSA) is 64.4 Å². The smallest absolute Gasteiger partial charge is 0.253 e. The van der Waals surface area contributed by atoms with E-state index in [1.54, 1.807) is 29.2 Å². The van der Waals surface area contributed by atoms with Gasteiger partial charge in [0.25, 0.3) is 5.91 Å². The molecule has 1 unspecified atom stereocenters. The van der Waals surface area contributed by atoms with Crippen LogP contribution in [0.2, 0.25) is 0 Å². The number of piperazine rings is 1. The molecule has 2 aliphatic heterocycles. The average molecular weight is 269 g/mol. The van der Waals surface area contributed by atoms with Crippen molar-refractivity contribution in [2.75, 3.05) is 19.6 Å². The van der Waals surface area contributed by atoms with Crippen molar-refractivity contribution in [3.63, 3.8) is 0 Å². The number of fused-ring (bicyclic) bond motifs is 1. The maximum Gasteiger partial charge on any atom is 0.253 e. The van der Waals surface area contributed by atoms with E-state index >= 15 is 0 Å². The summed E-state index contributed by atoms with van der Waals surface area (Å²) in [6, 6.07) is 8.90. The molecular weight excluding hydrogens is 254 g/mol. The van der Waals surface area contributed by atoms with Crippen LogP contribution in [0.5, 0.6) is 0 Å². The van der Waals surface area contributed by atoms with Crippen LogP contribution < -0.4 is 0 Å². The normalized spacial score (nSPS) is 21.6. The molecule has 1 aromatic carbocycles. The van der Waals surface area contributed by atoms with E-state index < -0.39 is 0 Å². The molecule has 0 aromatic heterocycles. The van der Waals surface area contributed by atoms with Crippen molar-refractivity contribution >= 4 is 11.8 Å². The third kappa shape index (κ3) is 2.14. The van der Waals surface area contributed by atoms with Gasteiger partial charge in [-0.15, -0.1) is 0 Å². The van der Waals surface area contributed by atoms with Gasteiger partial charge in [0.15, 0.2) is 0 Å². The Balaban J connectivity index is 1.72. The molecule has 102 valence electrons. The van der Waals surface area contributed by atoms with Gasteiger partial charge < -0.3 is 9.80 Å². The Bertz CT molecular complexity index is 588. The summed E-state index contributed by atoms with van der Waals surface area (Å²) in [5.74, 6) is 0.189. The first-order valence-corrected chi connectivity index (χ1v) is 6.78. The van der Waals surface area contributed by atoms with Gasteiger partial charge in [0.1, 0.15) is 0 Å². The highest BCUT2D eigenvalue weighted by molar-refractivity contribution is 5.94. The highest BCUT2D eigenvalue weighted by Crippen LogP contribution is 2.23. The molecule has 2 saturated heterocycles. The lowest BCUT2D eigenvalue weighted by atomic mass is 10.1. The lowest BCUT2D eigenvalue weighted by Gasteiger charge is -2.37. The van der Waals surface area contributed by atoms with E-state index in [4.69, 9.17) is 5.26 Å². The summed E-state index contributed by atoms with van der Waals surface area (Å²) in [5, 5.41) is 8.76. The highest BCUT2D eigenvalue weighted by Gasteiger charge is 2.36. The van der Waals surface area contributed by atoms with E-state index in [2.05, 4.69) is 0 Å². The van der Waals surface area contributed by atoms with Crippen LogP contribution in [0.3, 0.4) is 0 Å². The van der Waals surface area contributed by atoms with E-state index in [1.807, 2.05) is 11.0 Å². The summed E-state index contributed by atoms with van der Waals surface area (Å²) in [6.45, 7) is 1.83. The van der Waals surface area contributed by atoms with Crippen molar-refractivity contribution in [1.82, 2.24) is 9.80 Å². The van der Waals surface area contributed by atoms with Gasteiger partial charge in [0.2, 0.25) is 5.91 Å². The van der Waals surface area contributed by atoms with Crippen LogP contribution in [0.25, 0.3) is 0 Å². The minimum atomic E-state index is -0.0199. The highest BCUT2D eigenvalue weighted by atomic mass is 16.2. The SMILES string of the molecule is N#Cc1ccc(C(=O)N2CCN3C(=O)CCC3C2)cc1. The second-order valence-corrected chi connectivity index (χ2v) is 5.22. The minimum Gasteiger partial charge on any atom is -0.336 e. The first kappa shape index (κ1) is 12.7. The van der Waals surface area contributed by atoms with Crippen molar-refractivity contribution in [3.8, 4) is 6.07 Å². The number of carbonyl (C=O) groups excluding carboxylic acids is 2. The molecule has 0 saturated carbocycles. The number of carbonyl (C=O) groups is 2. The minimum absolute atomic E-state index is 0.0199. The number of amides is 2. The van der Waals surface area contributed by atoms with Crippen LogP contribution in [-0.2, 0) is 4.79 Å². The molecule has 20 heavy (non-hydrogen) atoms. The lowest BCUT2D eigenvalue weighted by molar-refractivity contribution is -0.130. The number of rotatable bonds is 1. The molecule has 2 fully saturated rings. The first-order chi connectivity index (χ1) is 9.69. The molecule has 2 aliphatic rings. The Morgan fingerprint density at radius 2 is 2.00 bits per heavy atom. The zero-order valence-corrected chi connectivity index (χ0v) is 11.1. The van der Waals surface area contributed by atoms with Gasteiger partial charge >= 0.3 is 0 Å². The van der Waals surface area contributed by atoms with Crippen molar-refractivity contribution in [3.05, 3.63) is 35.4 Å². The average Bonchev–Trinajstić information content (AvgIpc) is 2.87. The molecule has 0 spiro atoms. The summed E-state index contributed by atoms with van der Waals surface area (Å²) in [7, 11) is 0. The number of nitrogens with zero attached hydrogens (tertiary/aromatic N) is 3. The fourth-order valence-corrected chi connectivity index (χ4v) is 2.92. The van der Waals surface area contributed by atoms with E-state index in [9.17, 15) is 9.59 Å². The quantitative estimate of drug-likeness (QED) is 0.764.